The van der Waals surface area contributed by atoms with E-state index >= 15 is 0 Å². The molecule has 2 rings (SSSR count). The molecule has 0 radical (unpaired) electrons. The molecule has 0 unspecified atom stereocenters. The Morgan fingerprint density at radius 2 is 1.74 bits per heavy atom. The number of halogens is 4. The normalized spacial score (nSPS) is 10.8. The molecule has 1 N–H and O–H groups in total. The Bertz CT molecular complexity index is 658. The van der Waals surface area contributed by atoms with Crippen molar-refractivity contribution in [3.8, 4) is 5.69 Å². The molecule has 0 saturated heterocycles. The van der Waals surface area contributed by atoms with Crippen molar-refractivity contribution in [2.45, 2.75) is 6.92 Å². The molecule has 0 atom stereocenters. The molecule has 19 heavy (non-hydrogen) atoms. The van der Waals surface area contributed by atoms with Crippen LogP contribution in [-0.4, -0.2) is 25.8 Å². The second-order valence-corrected chi connectivity index (χ2v) is 3.52. The van der Waals surface area contributed by atoms with Gasteiger partial charge in [-0.3, -0.25) is 0 Å². The van der Waals surface area contributed by atoms with Crippen molar-refractivity contribution >= 4 is 5.97 Å². The summed E-state index contributed by atoms with van der Waals surface area (Å²) in [6.07, 6.45) is 0. The summed E-state index contributed by atoms with van der Waals surface area (Å²) in [6, 6.07) is 0.0402. The molecular weight excluding hydrogens is 270 g/mol. The van der Waals surface area contributed by atoms with Gasteiger partial charge >= 0.3 is 5.97 Å². The van der Waals surface area contributed by atoms with Gasteiger partial charge in [-0.05, 0) is 6.92 Å². The Kier molecular flexibility index (Phi) is 2.97. The minimum atomic E-state index is -1.69. The molecular formula is C10H5F4N3O2. The van der Waals surface area contributed by atoms with Gasteiger partial charge in [0, 0.05) is 6.07 Å². The highest BCUT2D eigenvalue weighted by Crippen LogP contribution is 2.23. The second kappa shape index (κ2) is 4.34. The van der Waals surface area contributed by atoms with Crippen molar-refractivity contribution in [1.29, 1.82) is 0 Å². The van der Waals surface area contributed by atoms with E-state index in [2.05, 4.69) is 10.1 Å². The Morgan fingerprint density at radius 3 is 2.16 bits per heavy atom. The maximum absolute atomic E-state index is 13.5. The predicted octanol–water partition coefficient (Wildman–Crippen LogP) is 1.83. The van der Waals surface area contributed by atoms with E-state index in [1.54, 1.807) is 0 Å². The van der Waals surface area contributed by atoms with E-state index in [1.807, 2.05) is 0 Å². The van der Waals surface area contributed by atoms with E-state index in [0.29, 0.717) is 4.68 Å². The number of nitrogens with zero attached hydrogens (tertiary/aromatic N) is 3. The Morgan fingerprint density at radius 1 is 1.21 bits per heavy atom. The summed E-state index contributed by atoms with van der Waals surface area (Å²) in [4.78, 5) is 14.0. The second-order valence-electron chi connectivity index (χ2n) is 3.52. The number of aromatic carboxylic acids is 1. The molecule has 100 valence electrons. The van der Waals surface area contributed by atoms with Crippen LogP contribution in [-0.2, 0) is 0 Å². The molecule has 2 aromatic rings. The number of aryl methyl sites for hydroxylation is 1. The van der Waals surface area contributed by atoms with Crippen LogP contribution in [0.3, 0.4) is 0 Å². The summed E-state index contributed by atoms with van der Waals surface area (Å²) in [5, 5.41) is 11.9. The Balaban J connectivity index is 2.75. The van der Waals surface area contributed by atoms with Gasteiger partial charge in [-0.15, -0.1) is 5.10 Å². The van der Waals surface area contributed by atoms with E-state index in [4.69, 9.17) is 5.11 Å². The van der Waals surface area contributed by atoms with E-state index in [-0.39, 0.29) is 11.9 Å². The molecule has 1 heterocycles. The van der Waals surface area contributed by atoms with Gasteiger partial charge in [-0.2, -0.15) is 0 Å². The molecule has 9 heteroatoms. The Labute approximate surface area is 103 Å². The lowest BCUT2D eigenvalue weighted by Gasteiger charge is -2.07. The molecule has 1 aromatic carbocycles. The van der Waals surface area contributed by atoms with Crippen molar-refractivity contribution < 1.29 is 27.5 Å². The van der Waals surface area contributed by atoms with Crippen LogP contribution >= 0.6 is 0 Å². The highest BCUT2D eigenvalue weighted by molar-refractivity contribution is 5.83. The third kappa shape index (κ3) is 2.02. The zero-order valence-electron chi connectivity index (χ0n) is 9.29. The van der Waals surface area contributed by atoms with Crippen LogP contribution in [0, 0.1) is 30.2 Å². The fourth-order valence-electron chi connectivity index (χ4n) is 1.44. The van der Waals surface area contributed by atoms with Gasteiger partial charge in [-0.25, -0.2) is 32.0 Å². The van der Waals surface area contributed by atoms with Crippen molar-refractivity contribution in [3.63, 3.8) is 0 Å². The molecule has 0 aliphatic carbocycles. The van der Waals surface area contributed by atoms with Gasteiger partial charge in [0.1, 0.15) is 11.5 Å². The zero-order valence-corrected chi connectivity index (χ0v) is 9.29. The van der Waals surface area contributed by atoms with Crippen LogP contribution in [0.2, 0.25) is 0 Å². The molecule has 0 bridgehead atoms. The number of carboxylic acids is 1. The van der Waals surface area contributed by atoms with Crippen LogP contribution in [0.4, 0.5) is 17.6 Å². The first kappa shape index (κ1) is 13.0. The summed E-state index contributed by atoms with van der Waals surface area (Å²) in [7, 11) is 0. The maximum atomic E-state index is 13.5. The number of carbonyl (C=O) groups is 1. The molecule has 0 aliphatic rings. The Hall–Kier alpha value is -2.45. The summed E-state index contributed by atoms with van der Waals surface area (Å²) < 4.78 is 53.5. The van der Waals surface area contributed by atoms with Crippen LogP contribution in [0.25, 0.3) is 5.69 Å². The first-order valence-corrected chi connectivity index (χ1v) is 4.83. The lowest BCUT2D eigenvalue weighted by Crippen LogP contribution is -2.10. The fraction of sp³-hybridized carbons (Fsp3) is 0.100. The molecule has 0 fully saturated rings. The van der Waals surface area contributed by atoms with E-state index in [9.17, 15) is 22.4 Å². The first-order chi connectivity index (χ1) is 8.82. The number of hydrogen-bond donors (Lipinski definition) is 1. The van der Waals surface area contributed by atoms with Gasteiger partial charge < -0.3 is 5.11 Å². The van der Waals surface area contributed by atoms with Crippen LogP contribution in [0.5, 0.6) is 0 Å². The maximum Gasteiger partial charge on any atom is 0.375 e. The number of benzene rings is 1. The molecule has 0 spiro atoms. The molecule has 0 aliphatic heterocycles. The first-order valence-electron chi connectivity index (χ1n) is 4.83. The largest absolute Gasteiger partial charge is 0.475 e. The van der Waals surface area contributed by atoms with E-state index in [1.165, 1.54) is 6.92 Å². The third-order valence-electron chi connectivity index (χ3n) is 2.26. The summed E-state index contributed by atoms with van der Waals surface area (Å²) in [5.74, 6) is -9.16. The number of carboxylic acid groups (broad SMARTS) is 1. The monoisotopic (exact) mass is 275 g/mol. The molecule has 1 aromatic heterocycles. The topological polar surface area (TPSA) is 68.0 Å². The minimum absolute atomic E-state index is 0.0402. The van der Waals surface area contributed by atoms with Gasteiger partial charge in [0.2, 0.25) is 0 Å². The van der Waals surface area contributed by atoms with Gasteiger partial charge in [-0.1, -0.05) is 0 Å². The van der Waals surface area contributed by atoms with Crippen molar-refractivity contribution in [1.82, 2.24) is 14.8 Å². The molecule has 0 saturated carbocycles. The SMILES string of the molecule is Cc1nc(C(=O)O)nn1-c1c(F)c(F)cc(F)c1F. The van der Waals surface area contributed by atoms with E-state index in [0.717, 1.165) is 0 Å². The average Bonchev–Trinajstić information content (AvgIpc) is 2.70. The van der Waals surface area contributed by atoms with Crippen molar-refractivity contribution in [3.05, 3.63) is 41.0 Å². The van der Waals surface area contributed by atoms with Crippen molar-refractivity contribution in [2.75, 3.05) is 0 Å². The molecule has 5 nitrogen and oxygen atoms in total. The van der Waals surface area contributed by atoms with Crippen molar-refractivity contribution in [2.24, 2.45) is 0 Å². The average molecular weight is 275 g/mol. The standard InChI is InChI=1S/C10H5F4N3O2/c1-3-15-9(10(18)19)16-17(3)8-6(13)4(11)2-5(12)7(8)14/h2H,1H3,(H,18,19). The lowest BCUT2D eigenvalue weighted by molar-refractivity contribution is 0.0683. The lowest BCUT2D eigenvalue weighted by atomic mass is 10.2. The van der Waals surface area contributed by atoms with Gasteiger partial charge in [0.15, 0.2) is 23.3 Å². The van der Waals surface area contributed by atoms with Gasteiger partial charge in [0.25, 0.3) is 5.82 Å². The highest BCUT2D eigenvalue weighted by Gasteiger charge is 2.24. The summed E-state index contributed by atoms with van der Waals surface area (Å²) >= 11 is 0. The zero-order chi connectivity index (χ0) is 14.3. The fourth-order valence-corrected chi connectivity index (χ4v) is 1.44. The third-order valence-corrected chi connectivity index (χ3v) is 2.26. The van der Waals surface area contributed by atoms with Gasteiger partial charge in [0.05, 0.1) is 0 Å². The van der Waals surface area contributed by atoms with E-state index < -0.39 is 40.7 Å². The van der Waals surface area contributed by atoms with Crippen LogP contribution in [0.15, 0.2) is 6.07 Å². The molecule has 0 amide bonds. The smallest absolute Gasteiger partial charge is 0.375 e. The number of aromatic nitrogens is 3. The summed E-state index contributed by atoms with van der Waals surface area (Å²) in [5.41, 5.74) is -1.16. The summed E-state index contributed by atoms with van der Waals surface area (Å²) in [6.45, 7) is 1.18. The quantitative estimate of drug-likeness (QED) is 0.670. The van der Waals surface area contributed by atoms with Crippen LogP contribution < -0.4 is 0 Å². The number of hydrogen-bond acceptors (Lipinski definition) is 3. The predicted molar refractivity (Wildman–Crippen MR) is 52.9 cm³/mol. The minimum Gasteiger partial charge on any atom is -0.475 e. The highest BCUT2D eigenvalue weighted by atomic mass is 19.2. The van der Waals surface area contributed by atoms with Crippen LogP contribution in [0.1, 0.15) is 16.4 Å². The number of rotatable bonds is 2.